The van der Waals surface area contributed by atoms with E-state index in [-0.39, 0.29) is 30.0 Å². The molecule has 0 saturated carbocycles. The number of fused-ring (bicyclic) bond motifs is 1. The minimum Gasteiger partial charge on any atom is -0.368 e. The zero-order chi connectivity index (χ0) is 19.6. The average molecular weight is 395 g/mol. The molecule has 27 heavy (non-hydrogen) atoms. The van der Waals surface area contributed by atoms with Gasteiger partial charge in [0.2, 0.25) is 5.91 Å². The molecular formula is C19H30N4O3S. The fraction of sp³-hybridized carbons (Fsp3) is 0.737. The van der Waals surface area contributed by atoms with Crippen molar-refractivity contribution < 1.29 is 14.3 Å². The Morgan fingerprint density at radius 1 is 1.33 bits per heavy atom. The topological polar surface area (TPSA) is 74.8 Å². The van der Waals surface area contributed by atoms with Crippen molar-refractivity contribution in [2.24, 2.45) is 0 Å². The lowest BCUT2D eigenvalue weighted by Crippen LogP contribution is -2.47. The van der Waals surface area contributed by atoms with Crippen LogP contribution in [0.2, 0.25) is 0 Å². The monoisotopic (exact) mass is 394 g/mol. The number of aromatic nitrogens is 1. The van der Waals surface area contributed by atoms with Crippen molar-refractivity contribution in [2.75, 3.05) is 25.0 Å². The number of hydrogen-bond acceptors (Lipinski definition) is 6. The van der Waals surface area contributed by atoms with Crippen LogP contribution in [0.25, 0.3) is 0 Å². The number of hydrogen-bond donors (Lipinski definition) is 1. The molecule has 1 N–H and O–H groups in total. The molecule has 0 aromatic carbocycles. The molecule has 2 aliphatic heterocycles. The molecule has 7 nitrogen and oxygen atoms in total. The standard InChI is InChI=1S/C19H30N4O3S/c1-12(2)23(13(3)4)17(24)11-22-8-7-14-16(10-22)27-19(20-14)21-18(25)15-6-5-9-26-15/h12-13,15H,5-11H2,1-4H3,(H,20,21,25). The molecule has 1 unspecified atom stereocenters. The third-order valence-electron chi connectivity index (χ3n) is 5.02. The molecule has 2 amide bonds. The second-order valence-electron chi connectivity index (χ2n) is 7.83. The number of nitrogens with one attached hydrogen (secondary N) is 1. The Balaban J connectivity index is 1.59. The molecule has 3 heterocycles. The highest BCUT2D eigenvalue weighted by molar-refractivity contribution is 7.15. The van der Waals surface area contributed by atoms with Gasteiger partial charge < -0.3 is 9.64 Å². The van der Waals surface area contributed by atoms with E-state index in [0.29, 0.717) is 24.8 Å². The molecule has 0 radical (unpaired) electrons. The first-order valence-corrected chi connectivity index (χ1v) is 10.6. The van der Waals surface area contributed by atoms with Crippen molar-refractivity contribution in [3.8, 4) is 0 Å². The van der Waals surface area contributed by atoms with Gasteiger partial charge in [-0.2, -0.15) is 0 Å². The van der Waals surface area contributed by atoms with Crippen LogP contribution in [0.4, 0.5) is 5.13 Å². The largest absolute Gasteiger partial charge is 0.368 e. The fourth-order valence-electron chi connectivity index (χ4n) is 3.85. The van der Waals surface area contributed by atoms with Gasteiger partial charge in [0.1, 0.15) is 6.10 Å². The molecule has 1 aromatic rings. The fourth-order valence-corrected chi connectivity index (χ4v) is 4.91. The van der Waals surface area contributed by atoms with Gasteiger partial charge in [-0.1, -0.05) is 0 Å². The lowest BCUT2D eigenvalue weighted by Gasteiger charge is -2.34. The Kier molecular flexibility index (Phi) is 6.49. The van der Waals surface area contributed by atoms with E-state index in [4.69, 9.17) is 4.74 Å². The van der Waals surface area contributed by atoms with E-state index < -0.39 is 0 Å². The van der Waals surface area contributed by atoms with Crippen LogP contribution in [0, 0.1) is 0 Å². The molecule has 1 aromatic heterocycles. The van der Waals surface area contributed by atoms with Gasteiger partial charge >= 0.3 is 0 Å². The Hall–Kier alpha value is -1.51. The third-order valence-corrected chi connectivity index (χ3v) is 6.02. The summed E-state index contributed by atoms with van der Waals surface area (Å²) in [5.41, 5.74) is 1.04. The number of rotatable bonds is 6. The van der Waals surface area contributed by atoms with E-state index >= 15 is 0 Å². The summed E-state index contributed by atoms with van der Waals surface area (Å²) < 4.78 is 5.43. The highest BCUT2D eigenvalue weighted by Gasteiger charge is 2.28. The smallest absolute Gasteiger partial charge is 0.255 e. The minimum atomic E-state index is -0.349. The van der Waals surface area contributed by atoms with Crippen LogP contribution in [-0.4, -0.2) is 64.5 Å². The number of anilines is 1. The predicted molar refractivity (Wildman–Crippen MR) is 106 cm³/mol. The van der Waals surface area contributed by atoms with E-state index in [9.17, 15) is 9.59 Å². The van der Waals surface area contributed by atoms with E-state index in [1.54, 1.807) is 0 Å². The number of thiazole rings is 1. The molecule has 3 rings (SSSR count). The summed E-state index contributed by atoms with van der Waals surface area (Å²) in [5.74, 6) is 0.0648. The van der Waals surface area contributed by atoms with Crippen LogP contribution in [0.1, 0.15) is 51.1 Å². The van der Waals surface area contributed by atoms with E-state index in [0.717, 1.165) is 36.4 Å². The second-order valence-corrected chi connectivity index (χ2v) is 8.91. The molecule has 0 spiro atoms. The van der Waals surface area contributed by atoms with Gasteiger partial charge in [0.25, 0.3) is 5.91 Å². The second kappa shape index (κ2) is 8.67. The van der Waals surface area contributed by atoms with Crippen molar-refractivity contribution in [3.63, 3.8) is 0 Å². The van der Waals surface area contributed by atoms with Gasteiger partial charge in [-0.3, -0.25) is 19.8 Å². The van der Waals surface area contributed by atoms with Gasteiger partial charge in [-0.25, -0.2) is 4.98 Å². The van der Waals surface area contributed by atoms with Gasteiger partial charge in [-0.05, 0) is 40.5 Å². The van der Waals surface area contributed by atoms with Crippen LogP contribution in [-0.2, 0) is 27.3 Å². The van der Waals surface area contributed by atoms with Gasteiger partial charge in [0, 0.05) is 43.1 Å². The van der Waals surface area contributed by atoms with Crippen molar-refractivity contribution in [2.45, 2.75) is 71.7 Å². The molecular weight excluding hydrogens is 364 g/mol. The summed E-state index contributed by atoms with van der Waals surface area (Å²) in [4.78, 5) is 34.7. The van der Waals surface area contributed by atoms with Crippen LogP contribution in [0.15, 0.2) is 0 Å². The van der Waals surface area contributed by atoms with Crippen molar-refractivity contribution in [1.82, 2.24) is 14.8 Å². The normalized spacial score (nSPS) is 20.1. The van der Waals surface area contributed by atoms with Crippen LogP contribution in [0.3, 0.4) is 0 Å². The summed E-state index contributed by atoms with van der Waals surface area (Å²) in [7, 11) is 0. The van der Waals surface area contributed by atoms with Crippen LogP contribution >= 0.6 is 11.3 Å². The number of amides is 2. The Morgan fingerprint density at radius 3 is 2.70 bits per heavy atom. The van der Waals surface area contributed by atoms with Crippen molar-refractivity contribution >= 4 is 28.3 Å². The Bertz CT molecular complexity index is 674. The summed E-state index contributed by atoms with van der Waals surface area (Å²) in [6.45, 7) is 10.8. The SMILES string of the molecule is CC(C)N(C(=O)CN1CCc2nc(NC(=O)C3CCCO3)sc2C1)C(C)C. The summed E-state index contributed by atoms with van der Waals surface area (Å²) in [6, 6.07) is 0.391. The number of carbonyl (C=O) groups excluding carboxylic acids is 2. The molecule has 1 fully saturated rings. The summed E-state index contributed by atoms with van der Waals surface area (Å²) in [5, 5.41) is 3.53. The van der Waals surface area contributed by atoms with Gasteiger partial charge in [0.15, 0.2) is 5.13 Å². The highest BCUT2D eigenvalue weighted by Crippen LogP contribution is 2.29. The summed E-state index contributed by atoms with van der Waals surface area (Å²) >= 11 is 1.51. The zero-order valence-corrected chi connectivity index (χ0v) is 17.5. The number of ether oxygens (including phenoxy) is 1. The first-order chi connectivity index (χ1) is 12.8. The average Bonchev–Trinajstić information content (AvgIpc) is 3.22. The van der Waals surface area contributed by atoms with Gasteiger partial charge in [0.05, 0.1) is 12.2 Å². The molecule has 0 bridgehead atoms. The van der Waals surface area contributed by atoms with Crippen LogP contribution < -0.4 is 5.32 Å². The quantitative estimate of drug-likeness (QED) is 0.801. The molecule has 1 saturated heterocycles. The lowest BCUT2D eigenvalue weighted by atomic mass is 10.1. The number of nitrogens with zero attached hydrogens (tertiary/aromatic N) is 3. The van der Waals surface area contributed by atoms with Crippen molar-refractivity contribution in [3.05, 3.63) is 10.6 Å². The zero-order valence-electron chi connectivity index (χ0n) is 16.7. The lowest BCUT2D eigenvalue weighted by molar-refractivity contribution is -0.136. The van der Waals surface area contributed by atoms with Gasteiger partial charge in [-0.15, -0.1) is 11.3 Å². The maximum atomic E-state index is 12.7. The summed E-state index contributed by atoms with van der Waals surface area (Å²) in [6.07, 6.45) is 2.16. The van der Waals surface area contributed by atoms with Crippen molar-refractivity contribution in [1.29, 1.82) is 0 Å². The third kappa shape index (κ3) is 4.86. The Morgan fingerprint density at radius 2 is 2.07 bits per heavy atom. The minimum absolute atomic E-state index is 0.102. The van der Waals surface area contributed by atoms with E-state index in [1.807, 2.05) is 4.90 Å². The molecule has 2 aliphatic rings. The van der Waals surface area contributed by atoms with E-state index in [2.05, 4.69) is 42.9 Å². The van der Waals surface area contributed by atoms with E-state index in [1.165, 1.54) is 11.3 Å². The molecule has 150 valence electrons. The molecule has 0 aliphatic carbocycles. The predicted octanol–water partition coefficient (Wildman–Crippen LogP) is 2.26. The first kappa shape index (κ1) is 20.2. The maximum absolute atomic E-state index is 12.7. The molecule has 8 heteroatoms. The number of carbonyl (C=O) groups is 2. The van der Waals surface area contributed by atoms with Crippen LogP contribution in [0.5, 0.6) is 0 Å². The highest BCUT2D eigenvalue weighted by atomic mass is 32.1. The first-order valence-electron chi connectivity index (χ1n) is 9.79. The Labute approximate surface area is 165 Å². The maximum Gasteiger partial charge on any atom is 0.255 e. The molecule has 1 atom stereocenters.